The molecule has 0 fully saturated rings. The van der Waals surface area contributed by atoms with Crippen molar-refractivity contribution in [1.29, 1.82) is 0 Å². The molecule has 0 heterocycles. The van der Waals surface area contributed by atoms with E-state index in [0.29, 0.717) is 11.1 Å². The fourth-order valence-corrected chi connectivity index (χ4v) is 5.60. The van der Waals surface area contributed by atoms with Crippen molar-refractivity contribution in [2.75, 3.05) is 0 Å². The molecule has 0 saturated heterocycles. The van der Waals surface area contributed by atoms with Crippen molar-refractivity contribution in [2.24, 2.45) is 0 Å². The van der Waals surface area contributed by atoms with Crippen LogP contribution in [-0.2, 0) is 5.41 Å². The Morgan fingerprint density at radius 1 is 0.293 bits per heavy atom. The summed E-state index contributed by atoms with van der Waals surface area (Å²) in [7, 11) is 0. The summed E-state index contributed by atoms with van der Waals surface area (Å²) in [4.78, 5) is 0. The van der Waals surface area contributed by atoms with Gasteiger partial charge < -0.3 is 0 Å². The van der Waals surface area contributed by atoms with E-state index in [1.54, 1.807) is 24.3 Å². The van der Waals surface area contributed by atoms with Crippen LogP contribution in [0.5, 0.6) is 0 Å². The second-order valence-electron chi connectivity index (χ2n) is 9.95. The maximum Gasteiger partial charge on any atom is 0.123 e. The van der Waals surface area contributed by atoms with Crippen molar-refractivity contribution in [3.8, 4) is 22.3 Å². The molecule has 4 heteroatoms. The molecule has 0 nitrogen and oxygen atoms in total. The van der Waals surface area contributed by atoms with E-state index >= 15 is 0 Å². The highest BCUT2D eigenvalue weighted by Gasteiger charge is 2.39. The predicted octanol–water partition coefficient (Wildman–Crippen LogP) is 9.96. The summed E-state index contributed by atoms with van der Waals surface area (Å²) in [5, 5.41) is 0. The van der Waals surface area contributed by atoms with Gasteiger partial charge in [0.05, 0.1) is 5.41 Å². The van der Waals surface area contributed by atoms with Crippen LogP contribution in [0.25, 0.3) is 22.3 Å². The van der Waals surface area contributed by atoms with Gasteiger partial charge in [-0.15, -0.1) is 0 Å². The van der Waals surface area contributed by atoms with E-state index in [0.717, 1.165) is 33.4 Å². The molecule has 41 heavy (non-hydrogen) atoms. The Labute approximate surface area is 236 Å². The summed E-state index contributed by atoms with van der Waals surface area (Å²) < 4.78 is 57.5. The van der Waals surface area contributed by atoms with Gasteiger partial charge in [0, 0.05) is 0 Å². The molecule has 6 aromatic carbocycles. The standard InChI is InChI=1S/C37H24F4/c38-33-9-1-5-27(21-33)25-13-17-29(18-14-25)37(31-7-3-11-35(40)23-31,32-8-4-12-36(41)24-32)30-19-15-26(16-20-30)28-6-2-10-34(39)22-28/h1-24H. The van der Waals surface area contributed by atoms with Gasteiger partial charge >= 0.3 is 0 Å². The van der Waals surface area contributed by atoms with E-state index in [9.17, 15) is 17.6 Å². The van der Waals surface area contributed by atoms with Crippen molar-refractivity contribution in [1.82, 2.24) is 0 Å². The van der Waals surface area contributed by atoms with Gasteiger partial charge in [-0.05, 0) is 93.0 Å². The molecule has 0 spiro atoms. The molecule has 0 aliphatic carbocycles. The molecule has 6 aromatic rings. The zero-order valence-corrected chi connectivity index (χ0v) is 21.9. The summed E-state index contributed by atoms with van der Waals surface area (Å²) in [6.07, 6.45) is 0. The molecule has 0 radical (unpaired) electrons. The van der Waals surface area contributed by atoms with Crippen LogP contribution in [-0.4, -0.2) is 0 Å². The van der Waals surface area contributed by atoms with Crippen LogP contribution in [0.3, 0.4) is 0 Å². The third-order valence-corrected chi connectivity index (χ3v) is 7.47. The number of benzene rings is 6. The molecule has 0 amide bonds. The van der Waals surface area contributed by atoms with E-state index in [2.05, 4.69) is 0 Å². The summed E-state index contributed by atoms with van der Waals surface area (Å²) in [5.41, 5.74) is 4.71. The molecule has 200 valence electrons. The lowest BCUT2D eigenvalue weighted by Gasteiger charge is -2.37. The highest BCUT2D eigenvalue weighted by atomic mass is 19.1. The summed E-state index contributed by atoms with van der Waals surface area (Å²) >= 11 is 0. The molecular weight excluding hydrogens is 520 g/mol. The lowest BCUT2D eigenvalue weighted by molar-refractivity contribution is 0.612. The fourth-order valence-electron chi connectivity index (χ4n) is 5.60. The molecular formula is C37H24F4. The van der Waals surface area contributed by atoms with Crippen molar-refractivity contribution in [2.45, 2.75) is 5.41 Å². The molecule has 0 aliphatic rings. The minimum absolute atomic E-state index is 0.334. The average Bonchev–Trinajstić information content (AvgIpc) is 2.98. The first-order valence-electron chi connectivity index (χ1n) is 13.2. The van der Waals surface area contributed by atoms with Gasteiger partial charge in [-0.2, -0.15) is 0 Å². The predicted molar refractivity (Wildman–Crippen MR) is 155 cm³/mol. The summed E-state index contributed by atoms with van der Waals surface area (Å²) in [6.45, 7) is 0. The van der Waals surface area contributed by atoms with E-state index in [1.165, 1.54) is 48.5 Å². The molecule has 0 N–H and O–H groups in total. The monoisotopic (exact) mass is 544 g/mol. The Balaban J connectivity index is 1.60. The average molecular weight is 545 g/mol. The van der Waals surface area contributed by atoms with Crippen LogP contribution in [0.2, 0.25) is 0 Å². The first-order valence-corrected chi connectivity index (χ1v) is 13.2. The maximum atomic E-state index is 14.8. The van der Waals surface area contributed by atoms with Crippen LogP contribution in [0.15, 0.2) is 146 Å². The van der Waals surface area contributed by atoms with Gasteiger partial charge in [0.2, 0.25) is 0 Å². The van der Waals surface area contributed by atoms with Crippen molar-refractivity contribution in [3.05, 3.63) is 191 Å². The van der Waals surface area contributed by atoms with Crippen molar-refractivity contribution in [3.63, 3.8) is 0 Å². The second-order valence-corrected chi connectivity index (χ2v) is 9.95. The maximum absolute atomic E-state index is 14.8. The molecule has 0 aliphatic heterocycles. The zero-order chi connectivity index (χ0) is 28.4. The molecule has 0 aromatic heterocycles. The number of rotatable bonds is 6. The van der Waals surface area contributed by atoms with Crippen molar-refractivity contribution < 1.29 is 17.6 Å². The third-order valence-electron chi connectivity index (χ3n) is 7.47. The van der Waals surface area contributed by atoms with Crippen LogP contribution in [0.1, 0.15) is 22.3 Å². The quantitative estimate of drug-likeness (QED) is 0.145. The molecule has 6 rings (SSSR count). The molecule has 0 atom stereocenters. The topological polar surface area (TPSA) is 0 Å². The second kappa shape index (κ2) is 10.9. The Morgan fingerprint density at radius 2 is 0.634 bits per heavy atom. The van der Waals surface area contributed by atoms with E-state index < -0.39 is 17.0 Å². The number of hydrogen-bond donors (Lipinski definition) is 0. The molecule has 0 unspecified atom stereocenters. The number of hydrogen-bond acceptors (Lipinski definition) is 0. The summed E-state index contributed by atoms with van der Waals surface area (Å²) in [5.74, 6) is -1.51. The first kappa shape index (κ1) is 26.3. The van der Waals surface area contributed by atoms with Crippen LogP contribution in [0, 0.1) is 23.3 Å². The first-order chi connectivity index (χ1) is 19.9. The normalized spacial score (nSPS) is 11.4. The van der Waals surface area contributed by atoms with Gasteiger partial charge in [0.25, 0.3) is 0 Å². The lowest BCUT2D eigenvalue weighted by atomic mass is 9.65. The van der Waals surface area contributed by atoms with Crippen molar-refractivity contribution >= 4 is 0 Å². The van der Waals surface area contributed by atoms with Gasteiger partial charge in [-0.25, -0.2) is 17.6 Å². The molecule has 0 bridgehead atoms. The Bertz CT molecular complexity index is 1690. The Kier molecular flexibility index (Phi) is 6.98. The lowest BCUT2D eigenvalue weighted by Crippen LogP contribution is -2.31. The highest BCUT2D eigenvalue weighted by molar-refractivity contribution is 5.69. The van der Waals surface area contributed by atoms with Gasteiger partial charge in [-0.1, -0.05) is 97.1 Å². The highest BCUT2D eigenvalue weighted by Crippen LogP contribution is 2.46. The molecule has 0 saturated carbocycles. The van der Waals surface area contributed by atoms with Crippen LogP contribution in [0.4, 0.5) is 17.6 Å². The zero-order valence-electron chi connectivity index (χ0n) is 21.9. The van der Waals surface area contributed by atoms with Gasteiger partial charge in [-0.3, -0.25) is 0 Å². The van der Waals surface area contributed by atoms with Crippen LogP contribution < -0.4 is 0 Å². The Morgan fingerprint density at radius 3 is 0.976 bits per heavy atom. The van der Waals surface area contributed by atoms with Gasteiger partial charge in [0.1, 0.15) is 23.3 Å². The fraction of sp³-hybridized carbons (Fsp3) is 0.0270. The van der Waals surface area contributed by atoms with Crippen LogP contribution >= 0.6 is 0 Å². The van der Waals surface area contributed by atoms with E-state index in [4.69, 9.17) is 0 Å². The summed E-state index contributed by atoms with van der Waals surface area (Å²) in [6, 6.07) is 40.5. The third kappa shape index (κ3) is 5.05. The smallest absolute Gasteiger partial charge is 0.123 e. The Hall–Kier alpha value is -4.96. The largest absolute Gasteiger partial charge is 0.207 e. The van der Waals surface area contributed by atoms with E-state index in [1.807, 2.05) is 72.8 Å². The van der Waals surface area contributed by atoms with E-state index in [-0.39, 0.29) is 11.6 Å². The number of halogens is 4. The minimum atomic E-state index is -1.11. The SMILES string of the molecule is Fc1cccc(-c2ccc(C(c3ccc(-c4cccc(F)c4)cc3)(c3cccc(F)c3)c3cccc(F)c3)cc2)c1. The minimum Gasteiger partial charge on any atom is -0.207 e. The van der Waals surface area contributed by atoms with Gasteiger partial charge in [0.15, 0.2) is 0 Å².